The molecule has 1 saturated heterocycles. The van der Waals surface area contributed by atoms with Gasteiger partial charge in [0.15, 0.2) is 0 Å². The first kappa shape index (κ1) is 17.0. The highest BCUT2D eigenvalue weighted by molar-refractivity contribution is 7.07. The fraction of sp³-hybridized carbons (Fsp3) is 0.421. The number of thiophene rings is 1. The van der Waals surface area contributed by atoms with Crippen LogP contribution in [0.25, 0.3) is 0 Å². The molecule has 1 fully saturated rings. The first-order chi connectivity index (χ1) is 11.8. The zero-order chi connectivity index (χ0) is 16.8. The lowest BCUT2D eigenvalue weighted by Gasteiger charge is -2.30. The molecule has 2 heterocycles. The number of carbonyl (C=O) groups is 1. The van der Waals surface area contributed by atoms with Gasteiger partial charge in [-0.15, -0.1) is 0 Å². The minimum absolute atomic E-state index is 0.0529. The fourth-order valence-corrected chi connectivity index (χ4v) is 3.69. The van der Waals surface area contributed by atoms with E-state index >= 15 is 0 Å². The number of nitrogens with one attached hydrogen (secondary N) is 1. The summed E-state index contributed by atoms with van der Waals surface area (Å²) in [6.45, 7) is 1.93. The average Bonchev–Trinajstić information content (AvgIpc) is 3.15. The van der Waals surface area contributed by atoms with Crippen LogP contribution in [-0.4, -0.2) is 37.1 Å². The van der Waals surface area contributed by atoms with Crippen LogP contribution in [0.4, 0.5) is 10.1 Å². The van der Waals surface area contributed by atoms with Crippen molar-refractivity contribution in [1.82, 2.24) is 4.90 Å². The van der Waals surface area contributed by atoms with Crippen molar-refractivity contribution >= 4 is 22.9 Å². The van der Waals surface area contributed by atoms with Gasteiger partial charge < -0.3 is 10.2 Å². The zero-order valence-electron chi connectivity index (χ0n) is 13.7. The molecule has 2 aromatic rings. The minimum Gasteiger partial charge on any atom is -0.385 e. The molecule has 0 saturated carbocycles. The highest BCUT2D eigenvalue weighted by Crippen LogP contribution is 2.20. The molecule has 24 heavy (non-hydrogen) atoms. The number of piperidine rings is 1. The smallest absolute Gasteiger partial charge is 0.253 e. The van der Waals surface area contributed by atoms with E-state index in [0.717, 1.165) is 31.5 Å². The summed E-state index contributed by atoms with van der Waals surface area (Å²) < 4.78 is 12.7. The monoisotopic (exact) mass is 346 g/mol. The molecule has 0 bridgehead atoms. The van der Waals surface area contributed by atoms with E-state index in [4.69, 9.17) is 0 Å². The topological polar surface area (TPSA) is 32.3 Å². The van der Waals surface area contributed by atoms with Crippen LogP contribution in [0.5, 0.6) is 0 Å². The van der Waals surface area contributed by atoms with Crippen molar-refractivity contribution in [1.29, 1.82) is 0 Å². The van der Waals surface area contributed by atoms with Crippen LogP contribution in [0.3, 0.4) is 0 Å². The molecule has 3 nitrogen and oxygen atoms in total. The van der Waals surface area contributed by atoms with E-state index in [2.05, 4.69) is 22.1 Å². The van der Waals surface area contributed by atoms with Crippen molar-refractivity contribution in [2.45, 2.75) is 19.3 Å². The first-order valence-corrected chi connectivity index (χ1v) is 9.41. The molecule has 1 aromatic carbocycles. The Balaban J connectivity index is 1.49. The van der Waals surface area contributed by atoms with Gasteiger partial charge in [0.2, 0.25) is 0 Å². The van der Waals surface area contributed by atoms with E-state index in [-0.39, 0.29) is 18.5 Å². The fourth-order valence-electron chi connectivity index (χ4n) is 2.99. The number of alkyl halides is 1. The molecule has 1 aliphatic heterocycles. The van der Waals surface area contributed by atoms with E-state index in [0.29, 0.717) is 18.7 Å². The molecule has 0 radical (unpaired) electrons. The number of hydrogen-bond acceptors (Lipinski definition) is 3. The van der Waals surface area contributed by atoms with Crippen molar-refractivity contribution in [2.24, 2.45) is 5.92 Å². The van der Waals surface area contributed by atoms with Crippen LogP contribution in [0, 0.1) is 5.92 Å². The molecule has 0 spiro atoms. The third-order valence-corrected chi connectivity index (χ3v) is 5.31. The second-order valence-corrected chi connectivity index (χ2v) is 7.06. The van der Waals surface area contributed by atoms with Gasteiger partial charge in [-0.1, -0.05) is 0 Å². The summed E-state index contributed by atoms with van der Waals surface area (Å²) in [5.41, 5.74) is 3.07. The average molecular weight is 346 g/mol. The summed E-state index contributed by atoms with van der Waals surface area (Å²) in [6.07, 6.45) is 2.53. The third kappa shape index (κ3) is 4.35. The van der Waals surface area contributed by atoms with Gasteiger partial charge in [-0.05, 0) is 71.8 Å². The summed E-state index contributed by atoms with van der Waals surface area (Å²) in [7, 11) is 0. The van der Waals surface area contributed by atoms with E-state index in [1.165, 1.54) is 5.56 Å². The summed E-state index contributed by atoms with van der Waals surface area (Å²) in [6, 6.07) is 9.79. The molecule has 0 unspecified atom stereocenters. The maximum absolute atomic E-state index is 12.7. The van der Waals surface area contributed by atoms with Gasteiger partial charge in [0, 0.05) is 30.9 Å². The van der Waals surface area contributed by atoms with Gasteiger partial charge in [0.1, 0.15) is 0 Å². The maximum Gasteiger partial charge on any atom is 0.253 e. The van der Waals surface area contributed by atoms with Crippen LogP contribution >= 0.6 is 11.3 Å². The minimum atomic E-state index is -0.270. The Labute approximate surface area is 146 Å². The number of benzene rings is 1. The van der Waals surface area contributed by atoms with Crippen molar-refractivity contribution in [3.05, 3.63) is 52.2 Å². The second-order valence-electron chi connectivity index (χ2n) is 6.28. The molecule has 3 rings (SSSR count). The van der Waals surface area contributed by atoms with Crippen LogP contribution in [0.2, 0.25) is 0 Å². The molecule has 1 amide bonds. The Bertz CT molecular complexity index is 634. The van der Waals surface area contributed by atoms with E-state index < -0.39 is 0 Å². The normalized spacial score (nSPS) is 15.5. The Morgan fingerprint density at radius 3 is 2.58 bits per heavy atom. The number of likely N-dealkylation sites (tertiary alicyclic amines) is 1. The number of hydrogen-bond donors (Lipinski definition) is 1. The highest BCUT2D eigenvalue weighted by atomic mass is 32.1. The van der Waals surface area contributed by atoms with Crippen LogP contribution in [-0.2, 0) is 6.42 Å². The molecule has 128 valence electrons. The van der Waals surface area contributed by atoms with E-state index in [1.54, 1.807) is 11.3 Å². The number of amides is 1. The van der Waals surface area contributed by atoms with Crippen molar-refractivity contribution in [2.75, 3.05) is 31.6 Å². The number of nitrogens with zero attached hydrogens (tertiary/aromatic N) is 1. The van der Waals surface area contributed by atoms with Crippen LogP contribution in [0.1, 0.15) is 28.8 Å². The lowest BCUT2D eigenvalue weighted by Crippen LogP contribution is -2.38. The van der Waals surface area contributed by atoms with Gasteiger partial charge in [-0.3, -0.25) is 9.18 Å². The second kappa shape index (κ2) is 8.29. The lowest BCUT2D eigenvalue weighted by atomic mass is 9.98. The van der Waals surface area contributed by atoms with Crippen LogP contribution in [0.15, 0.2) is 41.1 Å². The summed E-state index contributed by atoms with van der Waals surface area (Å²) in [4.78, 5) is 14.3. The predicted molar refractivity (Wildman–Crippen MR) is 97.6 cm³/mol. The molecular formula is C19H23FN2OS. The Morgan fingerprint density at radius 1 is 1.21 bits per heavy atom. The molecule has 0 atom stereocenters. The lowest BCUT2D eigenvalue weighted by molar-refractivity contribution is 0.0678. The Hall–Kier alpha value is -1.88. The van der Waals surface area contributed by atoms with E-state index in [1.807, 2.05) is 29.2 Å². The third-order valence-electron chi connectivity index (χ3n) is 4.57. The van der Waals surface area contributed by atoms with Crippen molar-refractivity contribution in [3.8, 4) is 0 Å². The standard InChI is InChI=1S/C19H23FN2OS/c20-13-15-6-10-22(11-7-15)19(23)17-1-3-18(4-2-17)21-9-5-16-8-12-24-14-16/h1-4,8,12,14-15,21H,5-7,9-11,13H2. The molecule has 1 N–H and O–H groups in total. The first-order valence-electron chi connectivity index (χ1n) is 8.46. The van der Waals surface area contributed by atoms with Gasteiger partial charge in [0.25, 0.3) is 5.91 Å². The van der Waals surface area contributed by atoms with Crippen molar-refractivity contribution < 1.29 is 9.18 Å². The highest BCUT2D eigenvalue weighted by Gasteiger charge is 2.23. The molecule has 1 aliphatic rings. The number of anilines is 1. The van der Waals surface area contributed by atoms with E-state index in [9.17, 15) is 9.18 Å². The Morgan fingerprint density at radius 2 is 1.96 bits per heavy atom. The summed E-state index contributed by atoms with van der Waals surface area (Å²) in [5, 5.41) is 7.63. The zero-order valence-corrected chi connectivity index (χ0v) is 14.5. The van der Waals surface area contributed by atoms with Gasteiger partial charge >= 0.3 is 0 Å². The predicted octanol–water partition coefficient (Wildman–Crippen LogP) is 4.22. The number of carbonyl (C=O) groups excluding carboxylic acids is 1. The largest absolute Gasteiger partial charge is 0.385 e. The quantitative estimate of drug-likeness (QED) is 0.849. The van der Waals surface area contributed by atoms with Gasteiger partial charge in [-0.25, -0.2) is 0 Å². The van der Waals surface area contributed by atoms with Gasteiger partial charge in [0.05, 0.1) is 6.67 Å². The summed E-state index contributed by atoms with van der Waals surface area (Å²) in [5.74, 6) is 0.181. The molecule has 0 aliphatic carbocycles. The molecule has 1 aromatic heterocycles. The maximum atomic E-state index is 12.7. The molecule has 5 heteroatoms. The number of rotatable bonds is 6. The SMILES string of the molecule is O=C(c1ccc(NCCc2ccsc2)cc1)N1CCC(CF)CC1. The molecular weight excluding hydrogens is 323 g/mol. The van der Waals surface area contributed by atoms with Gasteiger partial charge in [-0.2, -0.15) is 11.3 Å². The Kier molecular flexibility index (Phi) is 5.86. The number of halogens is 1. The summed E-state index contributed by atoms with van der Waals surface area (Å²) >= 11 is 1.72. The van der Waals surface area contributed by atoms with Crippen molar-refractivity contribution in [3.63, 3.8) is 0 Å². The van der Waals surface area contributed by atoms with Crippen LogP contribution < -0.4 is 5.32 Å².